The quantitative estimate of drug-likeness (QED) is 0.610. The van der Waals surface area contributed by atoms with E-state index in [4.69, 9.17) is 5.73 Å². The first-order valence-electron chi connectivity index (χ1n) is 3.04. The molecule has 0 aromatic carbocycles. The van der Waals surface area contributed by atoms with Crippen molar-refractivity contribution in [3.8, 4) is 0 Å². The van der Waals surface area contributed by atoms with Gasteiger partial charge in [-0.15, -0.1) is 0 Å². The van der Waals surface area contributed by atoms with Crippen molar-refractivity contribution < 1.29 is 5.11 Å². The van der Waals surface area contributed by atoms with Crippen LogP contribution in [0, 0.1) is 0 Å². The van der Waals surface area contributed by atoms with Crippen LogP contribution in [0.25, 0.3) is 0 Å². The average Bonchev–Trinajstić information content (AvgIpc) is 1.84. The Kier molecular flexibility index (Phi) is 4.27. The number of hydrogen-bond donors (Lipinski definition) is 2. The van der Waals surface area contributed by atoms with Crippen molar-refractivity contribution in [1.82, 2.24) is 0 Å². The van der Waals surface area contributed by atoms with Crippen LogP contribution in [0.4, 0.5) is 0 Å². The second-order valence-electron chi connectivity index (χ2n) is 2.44. The molecule has 0 rings (SSSR count). The zero-order valence-corrected chi connectivity index (χ0v) is 6.87. The molecule has 0 fully saturated rings. The van der Waals surface area contributed by atoms with Gasteiger partial charge in [-0.05, 0) is 25.4 Å². The molecule has 2 nitrogen and oxygen atoms in total. The van der Waals surface area contributed by atoms with Crippen LogP contribution < -0.4 is 5.73 Å². The molecule has 56 valence electrons. The molecular weight excluding hydrogens is 134 g/mol. The van der Waals surface area contributed by atoms with Crippen molar-refractivity contribution in [3.05, 3.63) is 0 Å². The van der Waals surface area contributed by atoms with E-state index in [1.54, 1.807) is 18.7 Å². The maximum atomic E-state index is 9.32. The highest BCUT2D eigenvalue weighted by atomic mass is 32.2. The van der Waals surface area contributed by atoms with Gasteiger partial charge in [-0.2, -0.15) is 11.8 Å². The van der Waals surface area contributed by atoms with Gasteiger partial charge in [0.25, 0.3) is 0 Å². The highest BCUT2D eigenvalue weighted by Crippen LogP contribution is 2.09. The minimum atomic E-state index is -0.650. The summed E-state index contributed by atoms with van der Waals surface area (Å²) in [5.74, 6) is 0.976. The van der Waals surface area contributed by atoms with Crippen LogP contribution in [-0.2, 0) is 0 Å². The summed E-state index contributed by atoms with van der Waals surface area (Å²) in [6.07, 6.45) is 2.80. The van der Waals surface area contributed by atoms with E-state index in [0.717, 1.165) is 12.2 Å². The summed E-state index contributed by atoms with van der Waals surface area (Å²) < 4.78 is 0. The predicted octanol–water partition coefficient (Wildman–Crippen LogP) is 0.449. The summed E-state index contributed by atoms with van der Waals surface area (Å²) in [6.45, 7) is 2.12. The van der Waals surface area contributed by atoms with Crippen molar-refractivity contribution in [2.45, 2.75) is 18.9 Å². The van der Waals surface area contributed by atoms with E-state index >= 15 is 0 Å². The lowest BCUT2D eigenvalue weighted by Crippen LogP contribution is -2.34. The van der Waals surface area contributed by atoms with E-state index in [1.165, 1.54) is 0 Å². The summed E-state index contributed by atoms with van der Waals surface area (Å²) in [4.78, 5) is 0. The molecule has 3 N–H and O–H groups in total. The Morgan fingerprint density at radius 2 is 2.22 bits per heavy atom. The van der Waals surface area contributed by atoms with E-state index < -0.39 is 5.60 Å². The second-order valence-corrected chi connectivity index (χ2v) is 3.43. The zero-order valence-electron chi connectivity index (χ0n) is 6.05. The summed E-state index contributed by atoms with van der Waals surface area (Å²) >= 11 is 1.73. The van der Waals surface area contributed by atoms with Crippen LogP contribution >= 0.6 is 11.8 Å². The van der Waals surface area contributed by atoms with Crippen molar-refractivity contribution in [2.24, 2.45) is 5.73 Å². The van der Waals surface area contributed by atoms with E-state index in [-0.39, 0.29) is 0 Å². The molecule has 0 radical (unpaired) electrons. The third-order valence-corrected chi connectivity index (χ3v) is 1.90. The van der Waals surface area contributed by atoms with Gasteiger partial charge in [0.1, 0.15) is 0 Å². The Balaban J connectivity index is 3.33. The molecule has 9 heavy (non-hydrogen) atoms. The molecule has 0 amide bonds. The summed E-state index contributed by atoms with van der Waals surface area (Å²) in [6, 6.07) is 0. The van der Waals surface area contributed by atoms with Crippen molar-refractivity contribution in [1.29, 1.82) is 0 Å². The molecule has 0 unspecified atom stereocenters. The monoisotopic (exact) mass is 149 g/mol. The smallest absolute Gasteiger partial charge is 0.0749 e. The number of aliphatic hydroxyl groups is 1. The highest BCUT2D eigenvalue weighted by molar-refractivity contribution is 7.98. The summed E-state index contributed by atoms with van der Waals surface area (Å²) in [5.41, 5.74) is 4.64. The molecule has 0 heterocycles. The lowest BCUT2D eigenvalue weighted by Gasteiger charge is -2.19. The largest absolute Gasteiger partial charge is 0.389 e. The Hall–Kier alpha value is 0.270. The Morgan fingerprint density at radius 3 is 2.56 bits per heavy atom. The minimum absolute atomic E-state index is 0.355. The van der Waals surface area contributed by atoms with Crippen LogP contribution in [0.15, 0.2) is 0 Å². The predicted molar refractivity (Wildman–Crippen MR) is 42.7 cm³/mol. The summed E-state index contributed by atoms with van der Waals surface area (Å²) in [5, 5.41) is 9.32. The molecule has 3 heteroatoms. The fraction of sp³-hybridized carbons (Fsp3) is 1.00. The van der Waals surface area contributed by atoms with E-state index in [2.05, 4.69) is 0 Å². The molecule has 0 saturated heterocycles. The van der Waals surface area contributed by atoms with Gasteiger partial charge in [0.15, 0.2) is 0 Å². The number of hydrogen-bond acceptors (Lipinski definition) is 3. The van der Waals surface area contributed by atoms with E-state index in [0.29, 0.717) is 6.54 Å². The second kappa shape index (κ2) is 4.14. The lowest BCUT2D eigenvalue weighted by atomic mass is 10.1. The standard InChI is InChI=1S/C6H15NOS/c1-6(8,5-7)3-4-9-2/h8H,3-5,7H2,1-2H3/t6-/m0/s1. The molecule has 0 aromatic rings. The first kappa shape index (κ1) is 9.27. The zero-order chi connectivity index (χ0) is 7.33. The molecule has 0 aliphatic carbocycles. The van der Waals surface area contributed by atoms with Crippen LogP contribution in [0.1, 0.15) is 13.3 Å². The maximum Gasteiger partial charge on any atom is 0.0749 e. The highest BCUT2D eigenvalue weighted by Gasteiger charge is 2.16. The van der Waals surface area contributed by atoms with E-state index in [9.17, 15) is 5.11 Å². The van der Waals surface area contributed by atoms with Gasteiger partial charge in [0.2, 0.25) is 0 Å². The average molecular weight is 149 g/mol. The first-order chi connectivity index (χ1) is 4.12. The van der Waals surface area contributed by atoms with Crippen LogP contribution in [-0.4, -0.2) is 29.3 Å². The van der Waals surface area contributed by atoms with Gasteiger partial charge in [-0.25, -0.2) is 0 Å². The molecule has 0 aliphatic heterocycles. The van der Waals surface area contributed by atoms with Gasteiger partial charge in [0.05, 0.1) is 5.60 Å². The van der Waals surface area contributed by atoms with Crippen LogP contribution in [0.5, 0.6) is 0 Å². The van der Waals surface area contributed by atoms with Gasteiger partial charge in [0, 0.05) is 6.54 Å². The number of thioether (sulfide) groups is 1. The fourth-order valence-electron chi connectivity index (χ4n) is 0.424. The van der Waals surface area contributed by atoms with Gasteiger partial charge in [-0.3, -0.25) is 0 Å². The number of nitrogens with two attached hydrogens (primary N) is 1. The van der Waals surface area contributed by atoms with Gasteiger partial charge >= 0.3 is 0 Å². The SMILES string of the molecule is CSCC[C@](C)(O)CN. The first-order valence-corrected chi connectivity index (χ1v) is 4.43. The van der Waals surface area contributed by atoms with Crippen molar-refractivity contribution >= 4 is 11.8 Å². The molecule has 0 bridgehead atoms. The van der Waals surface area contributed by atoms with Crippen LogP contribution in [0.3, 0.4) is 0 Å². The summed E-state index contributed by atoms with van der Waals surface area (Å²) in [7, 11) is 0. The normalized spacial score (nSPS) is 17.3. The molecule has 0 aliphatic rings. The number of rotatable bonds is 4. The third-order valence-electron chi connectivity index (χ3n) is 1.28. The van der Waals surface area contributed by atoms with Gasteiger partial charge < -0.3 is 10.8 Å². The van der Waals surface area contributed by atoms with Crippen molar-refractivity contribution in [2.75, 3.05) is 18.6 Å². The third kappa shape index (κ3) is 4.75. The Labute approximate surface area is 60.8 Å². The van der Waals surface area contributed by atoms with Crippen molar-refractivity contribution in [3.63, 3.8) is 0 Å². The molecule has 0 aromatic heterocycles. The topological polar surface area (TPSA) is 46.2 Å². The lowest BCUT2D eigenvalue weighted by molar-refractivity contribution is 0.0665. The fourth-order valence-corrected chi connectivity index (χ4v) is 1.07. The van der Waals surface area contributed by atoms with E-state index in [1.807, 2.05) is 6.26 Å². The van der Waals surface area contributed by atoms with Gasteiger partial charge in [-0.1, -0.05) is 0 Å². The Bertz CT molecular complexity index is 75.5. The molecule has 0 spiro atoms. The maximum absolute atomic E-state index is 9.32. The minimum Gasteiger partial charge on any atom is -0.389 e. The molecular formula is C6H15NOS. The molecule has 1 atom stereocenters. The Morgan fingerprint density at radius 1 is 1.67 bits per heavy atom. The molecule has 0 saturated carbocycles. The van der Waals surface area contributed by atoms with Crippen LogP contribution in [0.2, 0.25) is 0 Å².